The second-order valence-corrected chi connectivity index (χ2v) is 5.66. The summed E-state index contributed by atoms with van der Waals surface area (Å²) in [6.07, 6.45) is 9.50. The molecule has 1 fully saturated rings. The lowest BCUT2D eigenvalue weighted by molar-refractivity contribution is 0.303. The van der Waals surface area contributed by atoms with Crippen molar-refractivity contribution in [2.75, 3.05) is 31.1 Å². The summed E-state index contributed by atoms with van der Waals surface area (Å²) in [6, 6.07) is 0.562. The van der Waals surface area contributed by atoms with E-state index in [4.69, 9.17) is 4.74 Å². The van der Waals surface area contributed by atoms with E-state index >= 15 is 0 Å². The van der Waals surface area contributed by atoms with Gasteiger partial charge in [0.25, 0.3) is 0 Å². The molecule has 21 heavy (non-hydrogen) atoms. The van der Waals surface area contributed by atoms with Crippen molar-refractivity contribution in [2.45, 2.75) is 52.0 Å². The van der Waals surface area contributed by atoms with Crippen LogP contribution in [0.4, 0.5) is 5.82 Å². The van der Waals surface area contributed by atoms with Crippen LogP contribution in [0.15, 0.2) is 12.4 Å². The summed E-state index contributed by atoms with van der Waals surface area (Å²) < 4.78 is 5.60. The number of nitrogens with zero attached hydrogens (tertiary/aromatic N) is 3. The molecule has 1 saturated heterocycles. The molecule has 1 N–H and O–H groups in total. The van der Waals surface area contributed by atoms with Crippen molar-refractivity contribution in [3.8, 4) is 5.88 Å². The third-order valence-corrected chi connectivity index (χ3v) is 3.72. The van der Waals surface area contributed by atoms with Crippen LogP contribution >= 0.6 is 0 Å². The molecule has 1 aliphatic heterocycles. The largest absolute Gasteiger partial charge is 0.477 e. The molecule has 1 unspecified atom stereocenters. The van der Waals surface area contributed by atoms with E-state index in [-0.39, 0.29) is 0 Å². The lowest BCUT2D eigenvalue weighted by Gasteiger charge is -2.31. The number of hydrogen-bond acceptors (Lipinski definition) is 5. The Bertz CT molecular complexity index is 407. The van der Waals surface area contributed by atoms with Gasteiger partial charge in [-0.05, 0) is 32.2 Å². The first kappa shape index (κ1) is 16.0. The zero-order valence-corrected chi connectivity index (χ0v) is 13.3. The number of aromatic nitrogens is 2. The molecule has 2 rings (SSSR count). The minimum atomic E-state index is 0.562. The van der Waals surface area contributed by atoms with Gasteiger partial charge in [-0.25, -0.2) is 0 Å². The van der Waals surface area contributed by atoms with Gasteiger partial charge in [0, 0.05) is 19.1 Å². The molecule has 0 aromatic carbocycles. The van der Waals surface area contributed by atoms with Crippen molar-refractivity contribution < 1.29 is 4.74 Å². The molecule has 0 amide bonds. The van der Waals surface area contributed by atoms with Crippen LogP contribution < -0.4 is 15.0 Å². The van der Waals surface area contributed by atoms with Gasteiger partial charge in [0.05, 0.1) is 19.0 Å². The molecule has 1 atom stereocenters. The minimum Gasteiger partial charge on any atom is -0.477 e. The molecule has 1 aliphatic rings. The molecule has 0 spiro atoms. The van der Waals surface area contributed by atoms with Gasteiger partial charge in [-0.2, -0.15) is 4.98 Å². The molecule has 118 valence electrons. The summed E-state index contributed by atoms with van der Waals surface area (Å²) >= 11 is 0. The molecular weight excluding hydrogens is 264 g/mol. The van der Waals surface area contributed by atoms with E-state index in [0.717, 1.165) is 38.3 Å². The number of piperidine rings is 1. The zero-order chi connectivity index (χ0) is 14.9. The van der Waals surface area contributed by atoms with Crippen LogP contribution in [0, 0.1) is 0 Å². The number of hydrogen-bond donors (Lipinski definition) is 1. The zero-order valence-electron chi connectivity index (χ0n) is 13.3. The fraction of sp³-hybridized carbons (Fsp3) is 0.750. The van der Waals surface area contributed by atoms with Crippen molar-refractivity contribution in [3.05, 3.63) is 12.4 Å². The molecule has 0 bridgehead atoms. The topological polar surface area (TPSA) is 50.3 Å². The Balaban J connectivity index is 2.01. The van der Waals surface area contributed by atoms with E-state index in [1.165, 1.54) is 19.3 Å². The van der Waals surface area contributed by atoms with Crippen LogP contribution in [0.25, 0.3) is 0 Å². The summed E-state index contributed by atoms with van der Waals surface area (Å²) in [7, 11) is 0. The molecule has 1 aromatic heterocycles. The van der Waals surface area contributed by atoms with E-state index in [9.17, 15) is 0 Å². The van der Waals surface area contributed by atoms with Crippen molar-refractivity contribution in [3.63, 3.8) is 0 Å². The van der Waals surface area contributed by atoms with Crippen molar-refractivity contribution in [1.29, 1.82) is 0 Å². The summed E-state index contributed by atoms with van der Waals surface area (Å²) in [5.74, 6) is 1.56. The van der Waals surface area contributed by atoms with Gasteiger partial charge < -0.3 is 15.0 Å². The van der Waals surface area contributed by atoms with E-state index < -0.39 is 0 Å². The first-order valence-electron chi connectivity index (χ1n) is 8.26. The van der Waals surface area contributed by atoms with E-state index in [1.807, 2.05) is 6.20 Å². The second-order valence-electron chi connectivity index (χ2n) is 5.66. The molecule has 0 aliphatic carbocycles. The van der Waals surface area contributed by atoms with Gasteiger partial charge in [-0.1, -0.05) is 20.3 Å². The molecule has 5 nitrogen and oxygen atoms in total. The second kappa shape index (κ2) is 8.82. The number of nitrogens with one attached hydrogen (secondary N) is 1. The van der Waals surface area contributed by atoms with E-state index in [1.54, 1.807) is 6.20 Å². The van der Waals surface area contributed by atoms with E-state index in [0.29, 0.717) is 18.5 Å². The highest BCUT2D eigenvalue weighted by Crippen LogP contribution is 2.17. The highest BCUT2D eigenvalue weighted by molar-refractivity contribution is 5.37. The maximum Gasteiger partial charge on any atom is 0.234 e. The van der Waals surface area contributed by atoms with Crippen molar-refractivity contribution >= 4 is 5.82 Å². The van der Waals surface area contributed by atoms with Crippen LogP contribution in [0.1, 0.15) is 46.0 Å². The smallest absolute Gasteiger partial charge is 0.234 e. The first-order chi connectivity index (χ1) is 10.3. The van der Waals surface area contributed by atoms with Crippen LogP contribution in [0.2, 0.25) is 0 Å². The maximum atomic E-state index is 5.60. The summed E-state index contributed by atoms with van der Waals surface area (Å²) in [5.41, 5.74) is 0. The van der Waals surface area contributed by atoms with Crippen LogP contribution in [-0.4, -0.2) is 42.3 Å². The Morgan fingerprint density at radius 2 is 2.19 bits per heavy atom. The number of ether oxygens (including phenoxy) is 1. The Morgan fingerprint density at radius 3 is 2.90 bits per heavy atom. The molecule has 5 heteroatoms. The van der Waals surface area contributed by atoms with Gasteiger partial charge in [0.2, 0.25) is 5.88 Å². The third kappa shape index (κ3) is 5.16. The lowest BCUT2D eigenvalue weighted by Crippen LogP contribution is -2.44. The standard InChI is InChI=1S/C16H28N4O/c1-3-9-20(13-14-7-5-6-8-18-14)15-11-17-12-16(19-15)21-10-4-2/h11-12,14,18H,3-10,13H2,1-2H3. The quantitative estimate of drug-likeness (QED) is 0.798. The Morgan fingerprint density at radius 1 is 1.29 bits per heavy atom. The maximum absolute atomic E-state index is 5.60. The monoisotopic (exact) mass is 292 g/mol. The Hall–Kier alpha value is -1.36. The Labute approximate surface area is 128 Å². The van der Waals surface area contributed by atoms with Gasteiger partial charge in [0.1, 0.15) is 0 Å². The molecular formula is C16H28N4O. The normalized spacial score (nSPS) is 18.5. The first-order valence-corrected chi connectivity index (χ1v) is 8.26. The third-order valence-electron chi connectivity index (χ3n) is 3.72. The molecule has 1 aromatic rings. The lowest BCUT2D eigenvalue weighted by atomic mass is 10.0. The average Bonchev–Trinajstić information content (AvgIpc) is 2.54. The summed E-state index contributed by atoms with van der Waals surface area (Å²) in [6.45, 7) is 8.12. The van der Waals surface area contributed by atoms with Crippen LogP contribution in [0.5, 0.6) is 5.88 Å². The summed E-state index contributed by atoms with van der Waals surface area (Å²) in [5, 5.41) is 3.61. The number of anilines is 1. The summed E-state index contributed by atoms with van der Waals surface area (Å²) in [4.78, 5) is 11.2. The number of rotatable bonds is 8. The van der Waals surface area contributed by atoms with Crippen LogP contribution in [-0.2, 0) is 0 Å². The van der Waals surface area contributed by atoms with E-state index in [2.05, 4.69) is 34.0 Å². The molecule has 0 radical (unpaired) electrons. The van der Waals surface area contributed by atoms with Gasteiger partial charge in [-0.15, -0.1) is 0 Å². The van der Waals surface area contributed by atoms with Gasteiger partial charge in [0.15, 0.2) is 5.82 Å². The fourth-order valence-electron chi connectivity index (χ4n) is 2.68. The Kier molecular flexibility index (Phi) is 6.73. The van der Waals surface area contributed by atoms with Gasteiger partial charge in [-0.3, -0.25) is 4.98 Å². The van der Waals surface area contributed by atoms with Gasteiger partial charge >= 0.3 is 0 Å². The van der Waals surface area contributed by atoms with Crippen molar-refractivity contribution in [1.82, 2.24) is 15.3 Å². The van der Waals surface area contributed by atoms with Crippen molar-refractivity contribution in [2.24, 2.45) is 0 Å². The van der Waals surface area contributed by atoms with Crippen LogP contribution in [0.3, 0.4) is 0 Å². The fourth-order valence-corrected chi connectivity index (χ4v) is 2.68. The minimum absolute atomic E-state index is 0.562. The highest BCUT2D eigenvalue weighted by Gasteiger charge is 2.18. The highest BCUT2D eigenvalue weighted by atomic mass is 16.5. The molecule has 0 saturated carbocycles. The average molecular weight is 292 g/mol. The predicted octanol–water partition coefficient (Wildman–Crippen LogP) is 2.62. The molecule has 2 heterocycles. The SMILES string of the molecule is CCCOc1cncc(N(CCC)CC2CCCCN2)n1. The predicted molar refractivity (Wildman–Crippen MR) is 86.0 cm³/mol.